The Morgan fingerprint density at radius 2 is 2.03 bits per heavy atom. The molecular weight excluding hydrogens is 468 g/mol. The first-order valence-electron chi connectivity index (χ1n) is 11.3. The van der Waals surface area contributed by atoms with E-state index in [2.05, 4.69) is 44.5 Å². The first-order chi connectivity index (χ1) is 16.3. The molecule has 11 nitrogen and oxygen atoms in total. The van der Waals surface area contributed by atoms with E-state index in [9.17, 15) is 9.59 Å². The van der Waals surface area contributed by atoms with Gasteiger partial charge < -0.3 is 15.8 Å². The summed E-state index contributed by atoms with van der Waals surface area (Å²) in [7, 11) is 0. The maximum absolute atomic E-state index is 13.3. The van der Waals surface area contributed by atoms with Crippen LogP contribution in [0.25, 0.3) is 11.4 Å². The van der Waals surface area contributed by atoms with Gasteiger partial charge in [-0.05, 0) is 45.1 Å². The quantitative estimate of drug-likeness (QED) is 0.485. The second kappa shape index (κ2) is 8.91. The van der Waals surface area contributed by atoms with Crippen molar-refractivity contribution in [3.63, 3.8) is 0 Å². The second-order valence-corrected chi connectivity index (χ2v) is 11.0. The van der Waals surface area contributed by atoms with E-state index in [0.29, 0.717) is 29.5 Å². The number of carbonyl (C=O) groups is 2. The van der Waals surface area contributed by atoms with Gasteiger partial charge in [0.25, 0.3) is 5.91 Å². The molecule has 2 amide bonds. The van der Waals surface area contributed by atoms with Crippen LogP contribution in [0.15, 0.2) is 11.6 Å². The number of ether oxygens (including phenoxy) is 1. The van der Waals surface area contributed by atoms with Gasteiger partial charge in [-0.25, -0.2) is 19.7 Å². The fourth-order valence-corrected chi connectivity index (χ4v) is 4.81. The Morgan fingerprint density at radius 1 is 1.29 bits per heavy atom. The number of aryl methyl sites for hydroxylation is 1. The van der Waals surface area contributed by atoms with Crippen molar-refractivity contribution < 1.29 is 14.3 Å². The third kappa shape index (κ3) is 5.26. The van der Waals surface area contributed by atoms with Crippen LogP contribution in [0.3, 0.4) is 0 Å². The number of nitrogens with one attached hydrogen (secondary N) is 2. The van der Waals surface area contributed by atoms with Crippen molar-refractivity contribution >= 4 is 34.4 Å². The Labute approximate surface area is 207 Å². The number of fused-ring (bicyclic) bond motifs is 3. The molecule has 186 valence electrons. The van der Waals surface area contributed by atoms with Crippen molar-refractivity contribution in [1.82, 2.24) is 30.0 Å². The topological polar surface area (TPSA) is 150 Å². The lowest BCUT2D eigenvalue weighted by molar-refractivity contribution is 0.0525. The van der Waals surface area contributed by atoms with Gasteiger partial charge in [0.15, 0.2) is 10.8 Å². The molecule has 3 aromatic rings. The van der Waals surface area contributed by atoms with Crippen LogP contribution in [0, 0.1) is 6.92 Å². The van der Waals surface area contributed by atoms with Gasteiger partial charge in [0.05, 0.1) is 23.6 Å². The lowest BCUT2D eigenvalue weighted by Gasteiger charge is -2.31. The summed E-state index contributed by atoms with van der Waals surface area (Å²) in [6.45, 7) is 11.9. The van der Waals surface area contributed by atoms with E-state index < -0.39 is 17.1 Å². The molecule has 12 heteroatoms. The number of alkyl carbamates (subject to hydrolysis) is 1. The summed E-state index contributed by atoms with van der Waals surface area (Å²) in [4.78, 5) is 38.5. The molecule has 0 saturated carbocycles. The van der Waals surface area contributed by atoms with Gasteiger partial charge in [-0.1, -0.05) is 13.8 Å². The molecule has 0 bridgehead atoms. The minimum Gasteiger partial charge on any atom is -0.444 e. The van der Waals surface area contributed by atoms with Crippen LogP contribution in [0.2, 0.25) is 0 Å². The summed E-state index contributed by atoms with van der Waals surface area (Å²) < 4.78 is 7.01. The van der Waals surface area contributed by atoms with Gasteiger partial charge >= 0.3 is 6.09 Å². The molecule has 35 heavy (non-hydrogen) atoms. The number of thiazole rings is 1. The van der Waals surface area contributed by atoms with Crippen molar-refractivity contribution in [1.29, 1.82) is 0 Å². The standard InChI is InChI=1S/C23H30N8O3S/c1-12-11-35-20(27-12)29-18(32)16-14-17(15-13(9-23(14,5)6)10-26-19(24)28-15)31(30-16)8-7-25-21(33)34-22(2,3)4/h10-11H,7-9H2,1-6H3,(H,25,33)(H2,24,26,28)(H,27,29,32). The van der Waals surface area contributed by atoms with Crippen LogP contribution in [0.5, 0.6) is 0 Å². The highest BCUT2D eigenvalue weighted by atomic mass is 32.1. The predicted octanol–water partition coefficient (Wildman–Crippen LogP) is 3.30. The van der Waals surface area contributed by atoms with E-state index in [4.69, 9.17) is 10.5 Å². The van der Waals surface area contributed by atoms with E-state index in [1.165, 1.54) is 11.3 Å². The summed E-state index contributed by atoms with van der Waals surface area (Å²) in [6.07, 6.45) is 1.81. The minimum atomic E-state index is -0.605. The van der Waals surface area contributed by atoms with Crippen LogP contribution >= 0.6 is 11.3 Å². The van der Waals surface area contributed by atoms with Gasteiger partial charge in [0.2, 0.25) is 5.95 Å². The molecule has 1 aliphatic rings. The van der Waals surface area contributed by atoms with Crippen LogP contribution in [-0.2, 0) is 23.1 Å². The maximum Gasteiger partial charge on any atom is 0.407 e. The minimum absolute atomic E-state index is 0.137. The zero-order chi connectivity index (χ0) is 25.5. The molecule has 0 fully saturated rings. The molecular formula is C23H30N8O3S. The number of carbonyl (C=O) groups excluding carboxylic acids is 2. The Balaban J connectivity index is 1.72. The summed E-state index contributed by atoms with van der Waals surface area (Å²) >= 11 is 1.35. The highest BCUT2D eigenvalue weighted by molar-refractivity contribution is 7.13. The van der Waals surface area contributed by atoms with Gasteiger partial charge in [0.1, 0.15) is 5.60 Å². The van der Waals surface area contributed by atoms with Gasteiger partial charge in [0, 0.05) is 23.7 Å². The van der Waals surface area contributed by atoms with E-state index in [-0.39, 0.29) is 24.1 Å². The largest absolute Gasteiger partial charge is 0.444 e. The van der Waals surface area contributed by atoms with Crippen molar-refractivity contribution in [2.45, 2.75) is 65.5 Å². The number of nitrogen functional groups attached to an aromatic ring is 1. The smallest absolute Gasteiger partial charge is 0.407 e. The third-order valence-electron chi connectivity index (χ3n) is 5.42. The van der Waals surface area contributed by atoms with Crippen LogP contribution in [0.4, 0.5) is 15.9 Å². The Morgan fingerprint density at radius 3 is 2.69 bits per heavy atom. The molecule has 0 unspecified atom stereocenters. The van der Waals surface area contributed by atoms with Gasteiger partial charge in [-0.3, -0.25) is 14.8 Å². The van der Waals surface area contributed by atoms with Gasteiger partial charge in [-0.2, -0.15) is 5.10 Å². The molecule has 3 aromatic heterocycles. The van der Waals surface area contributed by atoms with E-state index in [1.54, 1.807) is 31.6 Å². The number of nitrogens with zero attached hydrogens (tertiary/aromatic N) is 5. The van der Waals surface area contributed by atoms with Crippen molar-refractivity contribution in [2.75, 3.05) is 17.6 Å². The molecule has 4 N–H and O–H groups in total. The molecule has 0 atom stereocenters. The molecule has 0 spiro atoms. The third-order valence-corrected chi connectivity index (χ3v) is 6.29. The fourth-order valence-electron chi connectivity index (χ4n) is 4.13. The van der Waals surface area contributed by atoms with Crippen LogP contribution < -0.4 is 16.4 Å². The lowest BCUT2D eigenvalue weighted by atomic mass is 9.73. The Bertz CT molecular complexity index is 1290. The number of rotatable bonds is 5. The van der Waals surface area contributed by atoms with Crippen molar-refractivity contribution in [3.8, 4) is 11.4 Å². The highest BCUT2D eigenvalue weighted by Gasteiger charge is 2.40. The predicted molar refractivity (Wildman–Crippen MR) is 133 cm³/mol. The highest BCUT2D eigenvalue weighted by Crippen LogP contribution is 2.44. The van der Waals surface area contributed by atoms with E-state index >= 15 is 0 Å². The first-order valence-corrected chi connectivity index (χ1v) is 12.2. The summed E-state index contributed by atoms with van der Waals surface area (Å²) in [5, 5.41) is 12.7. The number of hydrogen-bond donors (Lipinski definition) is 3. The molecule has 1 aliphatic carbocycles. The number of anilines is 2. The van der Waals surface area contributed by atoms with E-state index in [1.807, 2.05) is 12.3 Å². The van der Waals surface area contributed by atoms with Crippen molar-refractivity contribution in [2.24, 2.45) is 0 Å². The Hall–Kier alpha value is -3.54. The number of aromatic nitrogens is 5. The second-order valence-electron chi connectivity index (χ2n) is 10.1. The van der Waals surface area contributed by atoms with Crippen LogP contribution in [-0.4, -0.2) is 48.9 Å². The molecule has 0 aliphatic heterocycles. The average molecular weight is 499 g/mol. The zero-order valence-electron chi connectivity index (χ0n) is 20.7. The number of nitrogens with two attached hydrogens (primary N) is 1. The SMILES string of the molecule is Cc1csc(NC(=O)c2nn(CCNC(=O)OC(C)(C)C)c3c2C(C)(C)Cc2cnc(N)nc2-3)n1. The fraction of sp³-hybridized carbons (Fsp3) is 0.478. The molecule has 4 rings (SSSR count). The zero-order valence-corrected chi connectivity index (χ0v) is 21.5. The molecule has 0 radical (unpaired) electrons. The first kappa shape index (κ1) is 24.6. The lowest BCUT2D eigenvalue weighted by Crippen LogP contribution is -2.34. The normalized spacial score (nSPS) is 14.1. The van der Waals surface area contributed by atoms with E-state index in [0.717, 1.165) is 16.8 Å². The molecule has 0 aromatic carbocycles. The average Bonchev–Trinajstić information content (AvgIpc) is 3.31. The van der Waals surface area contributed by atoms with Gasteiger partial charge in [-0.15, -0.1) is 11.3 Å². The Kier molecular flexibility index (Phi) is 6.26. The molecule has 0 saturated heterocycles. The summed E-state index contributed by atoms with van der Waals surface area (Å²) in [5.74, 6) is -0.216. The number of hydrogen-bond acceptors (Lipinski definition) is 9. The maximum atomic E-state index is 13.3. The monoisotopic (exact) mass is 498 g/mol. The summed E-state index contributed by atoms with van der Waals surface area (Å²) in [5.41, 5.74) is 9.02. The molecule has 3 heterocycles. The number of amides is 2. The summed E-state index contributed by atoms with van der Waals surface area (Å²) in [6, 6.07) is 0. The van der Waals surface area contributed by atoms with Crippen molar-refractivity contribution in [3.05, 3.63) is 34.1 Å². The van der Waals surface area contributed by atoms with Crippen LogP contribution in [0.1, 0.15) is 61.9 Å².